The molecule has 0 spiro atoms. The van der Waals surface area contributed by atoms with E-state index in [0.29, 0.717) is 17.9 Å². The Bertz CT molecular complexity index is 488. The minimum atomic E-state index is -0.659. The number of esters is 1. The Morgan fingerprint density at radius 3 is 2.65 bits per heavy atom. The number of carbonyl (C=O) groups is 2. The van der Waals surface area contributed by atoms with Crippen LogP contribution in [0.15, 0.2) is 18.2 Å². The molecule has 0 heterocycles. The summed E-state index contributed by atoms with van der Waals surface area (Å²) in [6.07, 6.45) is 0.196. The smallest absolute Gasteiger partial charge is 0.337 e. The fourth-order valence-corrected chi connectivity index (χ4v) is 1.54. The molecule has 1 rings (SSSR count). The number of nitrogen functional groups attached to an aromatic ring is 1. The lowest BCUT2D eigenvalue weighted by atomic mass is 10.2. The molecule has 1 aromatic rings. The average molecular weight is 280 g/mol. The number of ether oxygens (including phenoxy) is 2. The van der Waals surface area contributed by atoms with Crippen LogP contribution in [-0.2, 0) is 9.53 Å². The summed E-state index contributed by atoms with van der Waals surface area (Å²) < 4.78 is 10.1. The zero-order valence-corrected chi connectivity index (χ0v) is 11.9. The number of rotatable bonds is 6. The van der Waals surface area contributed by atoms with E-state index in [1.165, 1.54) is 19.2 Å². The van der Waals surface area contributed by atoms with Crippen LogP contribution in [0.5, 0.6) is 5.75 Å². The van der Waals surface area contributed by atoms with Gasteiger partial charge < -0.3 is 20.5 Å². The van der Waals surface area contributed by atoms with Crippen LogP contribution in [0.3, 0.4) is 0 Å². The quantitative estimate of drug-likeness (QED) is 0.606. The minimum absolute atomic E-state index is 0.205. The number of amides is 1. The van der Waals surface area contributed by atoms with Gasteiger partial charge in [-0.25, -0.2) is 4.79 Å². The van der Waals surface area contributed by atoms with Crippen LogP contribution in [0.25, 0.3) is 0 Å². The van der Waals surface area contributed by atoms with Gasteiger partial charge in [0.15, 0.2) is 6.10 Å². The summed E-state index contributed by atoms with van der Waals surface area (Å²) in [6.45, 7) is 4.21. The summed E-state index contributed by atoms with van der Waals surface area (Å²) in [5.74, 6) is -0.322. The Kier molecular flexibility index (Phi) is 5.83. The summed E-state index contributed by atoms with van der Waals surface area (Å²) >= 11 is 0. The first kappa shape index (κ1) is 15.8. The van der Waals surface area contributed by atoms with Crippen LogP contribution in [0.1, 0.15) is 30.6 Å². The normalized spacial score (nSPS) is 11.6. The highest BCUT2D eigenvalue weighted by molar-refractivity contribution is 5.91. The molecule has 20 heavy (non-hydrogen) atoms. The summed E-state index contributed by atoms with van der Waals surface area (Å²) in [4.78, 5) is 23.0. The second-order valence-electron chi connectivity index (χ2n) is 4.30. The van der Waals surface area contributed by atoms with Crippen molar-refractivity contribution in [2.45, 2.75) is 26.4 Å². The van der Waals surface area contributed by atoms with Gasteiger partial charge in [-0.3, -0.25) is 4.79 Å². The Morgan fingerprint density at radius 2 is 2.10 bits per heavy atom. The lowest BCUT2D eigenvalue weighted by molar-refractivity contribution is -0.127. The van der Waals surface area contributed by atoms with E-state index in [-0.39, 0.29) is 11.6 Å². The molecule has 0 saturated heterocycles. The maximum atomic E-state index is 11.7. The predicted octanol–water partition coefficient (Wildman–Crippen LogP) is 1.35. The van der Waals surface area contributed by atoms with Crippen LogP contribution in [0.4, 0.5) is 5.69 Å². The van der Waals surface area contributed by atoms with Crippen molar-refractivity contribution < 1.29 is 19.1 Å². The predicted molar refractivity (Wildman–Crippen MR) is 75.6 cm³/mol. The number of carbonyl (C=O) groups excluding carboxylic acids is 2. The van der Waals surface area contributed by atoms with Gasteiger partial charge in [0.2, 0.25) is 0 Å². The molecule has 0 fully saturated rings. The third-order valence-electron chi connectivity index (χ3n) is 2.65. The van der Waals surface area contributed by atoms with E-state index in [9.17, 15) is 9.59 Å². The highest BCUT2D eigenvalue weighted by Crippen LogP contribution is 2.24. The first-order chi connectivity index (χ1) is 9.49. The zero-order valence-electron chi connectivity index (χ0n) is 11.9. The molecule has 0 aliphatic rings. The molecule has 6 nitrogen and oxygen atoms in total. The van der Waals surface area contributed by atoms with E-state index in [2.05, 4.69) is 10.1 Å². The van der Waals surface area contributed by atoms with Crippen molar-refractivity contribution in [2.75, 3.05) is 19.4 Å². The lowest BCUT2D eigenvalue weighted by Crippen LogP contribution is -2.36. The molecule has 0 bridgehead atoms. The first-order valence-corrected chi connectivity index (χ1v) is 6.41. The maximum absolute atomic E-state index is 11.7. The van der Waals surface area contributed by atoms with E-state index in [0.717, 1.165) is 6.42 Å². The molecule has 6 heteroatoms. The van der Waals surface area contributed by atoms with Crippen LogP contribution in [0, 0.1) is 0 Å². The molecule has 110 valence electrons. The van der Waals surface area contributed by atoms with Gasteiger partial charge in [0.05, 0.1) is 18.4 Å². The van der Waals surface area contributed by atoms with E-state index in [4.69, 9.17) is 10.5 Å². The highest BCUT2D eigenvalue weighted by Gasteiger charge is 2.16. The van der Waals surface area contributed by atoms with Crippen molar-refractivity contribution in [3.8, 4) is 5.75 Å². The SMILES string of the molecule is CCCNC(=O)C(C)Oc1ccc(C(=O)OC)cc1N. The summed E-state index contributed by atoms with van der Waals surface area (Å²) in [5, 5.41) is 2.73. The Hall–Kier alpha value is -2.24. The second kappa shape index (κ2) is 7.37. The Balaban J connectivity index is 2.73. The standard InChI is InChI=1S/C14H20N2O4/c1-4-7-16-13(17)9(2)20-12-6-5-10(8-11(12)15)14(18)19-3/h5-6,8-9H,4,7,15H2,1-3H3,(H,16,17). The van der Waals surface area contributed by atoms with Crippen molar-refractivity contribution >= 4 is 17.6 Å². The molecule has 0 radical (unpaired) electrons. The van der Waals surface area contributed by atoms with Crippen LogP contribution < -0.4 is 15.8 Å². The van der Waals surface area contributed by atoms with E-state index in [1.807, 2.05) is 6.92 Å². The van der Waals surface area contributed by atoms with E-state index < -0.39 is 12.1 Å². The maximum Gasteiger partial charge on any atom is 0.337 e. The fraction of sp³-hybridized carbons (Fsp3) is 0.429. The molecule has 1 amide bonds. The summed E-state index contributed by atoms with van der Waals surface area (Å²) in [7, 11) is 1.29. The Morgan fingerprint density at radius 1 is 1.40 bits per heavy atom. The molecule has 1 aromatic carbocycles. The molecule has 0 aliphatic heterocycles. The number of nitrogens with two attached hydrogens (primary N) is 1. The van der Waals surface area contributed by atoms with Crippen molar-refractivity contribution in [2.24, 2.45) is 0 Å². The number of anilines is 1. The monoisotopic (exact) mass is 280 g/mol. The molecule has 3 N–H and O–H groups in total. The molecular weight excluding hydrogens is 260 g/mol. The summed E-state index contributed by atoms with van der Waals surface area (Å²) in [6, 6.07) is 4.54. The van der Waals surface area contributed by atoms with Crippen LogP contribution >= 0.6 is 0 Å². The van der Waals surface area contributed by atoms with Gasteiger partial charge >= 0.3 is 5.97 Å². The lowest BCUT2D eigenvalue weighted by Gasteiger charge is -2.16. The van der Waals surface area contributed by atoms with Crippen LogP contribution in [0.2, 0.25) is 0 Å². The van der Waals surface area contributed by atoms with Gasteiger partial charge in [0, 0.05) is 6.54 Å². The third kappa shape index (κ3) is 4.15. The molecule has 0 saturated carbocycles. The van der Waals surface area contributed by atoms with Gasteiger partial charge in [-0.15, -0.1) is 0 Å². The van der Waals surface area contributed by atoms with E-state index in [1.54, 1.807) is 13.0 Å². The average Bonchev–Trinajstić information content (AvgIpc) is 2.45. The second-order valence-corrected chi connectivity index (χ2v) is 4.30. The van der Waals surface area contributed by atoms with Crippen molar-refractivity contribution in [1.82, 2.24) is 5.32 Å². The van der Waals surface area contributed by atoms with Crippen molar-refractivity contribution in [3.05, 3.63) is 23.8 Å². The van der Waals surface area contributed by atoms with Gasteiger partial charge in [-0.1, -0.05) is 6.92 Å². The Labute approximate surface area is 118 Å². The van der Waals surface area contributed by atoms with E-state index >= 15 is 0 Å². The largest absolute Gasteiger partial charge is 0.479 e. The van der Waals surface area contributed by atoms with Gasteiger partial charge in [-0.2, -0.15) is 0 Å². The molecular formula is C14H20N2O4. The summed E-state index contributed by atoms with van der Waals surface area (Å²) in [5.41, 5.74) is 6.41. The zero-order chi connectivity index (χ0) is 15.1. The number of nitrogens with one attached hydrogen (secondary N) is 1. The highest BCUT2D eigenvalue weighted by atomic mass is 16.5. The minimum Gasteiger partial charge on any atom is -0.479 e. The number of benzene rings is 1. The fourth-order valence-electron chi connectivity index (χ4n) is 1.54. The molecule has 1 unspecified atom stereocenters. The molecule has 1 atom stereocenters. The molecule has 0 aromatic heterocycles. The number of hydrogen-bond donors (Lipinski definition) is 2. The van der Waals surface area contributed by atoms with Crippen molar-refractivity contribution in [1.29, 1.82) is 0 Å². The third-order valence-corrected chi connectivity index (χ3v) is 2.65. The van der Waals surface area contributed by atoms with Gasteiger partial charge in [-0.05, 0) is 31.5 Å². The number of hydrogen-bond acceptors (Lipinski definition) is 5. The first-order valence-electron chi connectivity index (χ1n) is 6.41. The molecule has 0 aliphatic carbocycles. The van der Waals surface area contributed by atoms with Crippen molar-refractivity contribution in [3.63, 3.8) is 0 Å². The van der Waals surface area contributed by atoms with Crippen LogP contribution in [-0.4, -0.2) is 31.6 Å². The van der Waals surface area contributed by atoms with Gasteiger partial charge in [0.1, 0.15) is 5.75 Å². The number of methoxy groups -OCH3 is 1. The van der Waals surface area contributed by atoms with Gasteiger partial charge in [0.25, 0.3) is 5.91 Å². The topological polar surface area (TPSA) is 90.6 Å².